The van der Waals surface area contributed by atoms with Gasteiger partial charge in [0.25, 0.3) is 0 Å². The highest BCUT2D eigenvalue weighted by molar-refractivity contribution is 6.34. The molecule has 0 spiro atoms. The molecule has 2 rings (SSSR count). The van der Waals surface area contributed by atoms with Crippen LogP contribution in [0, 0.1) is 5.41 Å². The summed E-state index contributed by atoms with van der Waals surface area (Å²) in [4.78, 5) is 23.3. The predicted molar refractivity (Wildman–Crippen MR) is 142 cm³/mol. The Balaban J connectivity index is 2.01. The fourth-order valence-electron chi connectivity index (χ4n) is 4.32. The van der Waals surface area contributed by atoms with Gasteiger partial charge in [-0.3, -0.25) is 9.59 Å². The first-order valence-electron chi connectivity index (χ1n) is 12.0. The van der Waals surface area contributed by atoms with Gasteiger partial charge in [-0.25, -0.2) is 0 Å². The van der Waals surface area contributed by atoms with E-state index < -0.39 is 5.97 Å². The Morgan fingerprint density at radius 3 is 2.53 bits per heavy atom. The largest absolute Gasteiger partial charge is 0.481 e. The van der Waals surface area contributed by atoms with Crippen molar-refractivity contribution in [2.24, 2.45) is 5.41 Å². The fourth-order valence-corrected chi connectivity index (χ4v) is 4.62. The lowest BCUT2D eigenvalue weighted by atomic mass is 9.72. The summed E-state index contributed by atoms with van der Waals surface area (Å²) < 4.78 is 0. The van der Waals surface area contributed by atoms with Crippen molar-refractivity contribution < 1.29 is 14.7 Å². The summed E-state index contributed by atoms with van der Waals surface area (Å²) >= 11 is 6.32. The number of halogens is 1. The number of benzene rings is 1. The maximum Gasteiger partial charge on any atom is 0.303 e. The van der Waals surface area contributed by atoms with Crippen LogP contribution in [0.4, 0.5) is 0 Å². The van der Waals surface area contributed by atoms with E-state index in [2.05, 4.69) is 39.8 Å². The van der Waals surface area contributed by atoms with E-state index in [1.54, 1.807) is 18.2 Å². The van der Waals surface area contributed by atoms with Crippen LogP contribution < -0.4 is 0 Å². The molecule has 0 bridgehead atoms. The molecule has 1 aromatic carbocycles. The van der Waals surface area contributed by atoms with Crippen molar-refractivity contribution >= 4 is 23.4 Å². The third-order valence-electron chi connectivity index (χ3n) is 6.29. The van der Waals surface area contributed by atoms with Crippen molar-refractivity contribution in [2.45, 2.75) is 73.1 Å². The first-order chi connectivity index (χ1) is 16.0. The van der Waals surface area contributed by atoms with E-state index in [1.165, 1.54) is 30.4 Å². The van der Waals surface area contributed by atoms with Gasteiger partial charge >= 0.3 is 5.97 Å². The SMILES string of the molecule is CC(C=CC1=C(C)CCCC1(C)C)=CC=CC(C)=CC(=O)c1ccc(CCCC(=O)O)cc1Cl. The maximum absolute atomic E-state index is 12.7. The van der Waals surface area contributed by atoms with E-state index in [4.69, 9.17) is 16.7 Å². The van der Waals surface area contributed by atoms with E-state index in [0.29, 0.717) is 23.4 Å². The lowest BCUT2D eigenvalue weighted by Gasteiger charge is -2.32. The molecular formula is C30H37ClO3. The van der Waals surface area contributed by atoms with Crippen LogP contribution in [0.25, 0.3) is 0 Å². The molecule has 3 nitrogen and oxygen atoms in total. The summed E-state index contributed by atoms with van der Waals surface area (Å²) in [5.74, 6) is -0.958. The second kappa shape index (κ2) is 12.7. The lowest BCUT2D eigenvalue weighted by molar-refractivity contribution is -0.137. The van der Waals surface area contributed by atoms with Gasteiger partial charge in [-0.05, 0) is 93.2 Å². The summed E-state index contributed by atoms with van der Waals surface area (Å²) in [6.45, 7) is 10.8. The van der Waals surface area contributed by atoms with Crippen molar-refractivity contribution in [3.05, 3.63) is 93.1 Å². The van der Waals surface area contributed by atoms with Gasteiger partial charge in [-0.2, -0.15) is 0 Å². The molecule has 0 unspecified atom stereocenters. The first kappa shape index (κ1) is 27.6. The minimum Gasteiger partial charge on any atom is -0.481 e. The smallest absolute Gasteiger partial charge is 0.303 e. The number of allylic oxidation sites excluding steroid dienone is 10. The van der Waals surface area contributed by atoms with Crippen LogP contribution >= 0.6 is 11.6 Å². The van der Waals surface area contributed by atoms with Crippen LogP contribution in [0.2, 0.25) is 5.02 Å². The number of carbonyl (C=O) groups excluding carboxylic acids is 1. The molecule has 0 heterocycles. The number of carbonyl (C=O) groups is 2. The average Bonchev–Trinajstić information content (AvgIpc) is 2.72. The van der Waals surface area contributed by atoms with Gasteiger partial charge in [0.15, 0.2) is 5.78 Å². The molecule has 0 radical (unpaired) electrons. The Morgan fingerprint density at radius 2 is 1.88 bits per heavy atom. The van der Waals surface area contributed by atoms with Crippen LogP contribution in [0.3, 0.4) is 0 Å². The zero-order chi connectivity index (χ0) is 25.3. The van der Waals surface area contributed by atoms with Crippen molar-refractivity contribution in [3.63, 3.8) is 0 Å². The number of rotatable bonds is 10. The second-order valence-corrected chi connectivity index (χ2v) is 10.3. The highest BCUT2D eigenvalue weighted by atomic mass is 35.5. The third-order valence-corrected chi connectivity index (χ3v) is 6.60. The second-order valence-electron chi connectivity index (χ2n) is 9.85. The number of ketones is 1. The zero-order valence-electron chi connectivity index (χ0n) is 21.1. The van der Waals surface area contributed by atoms with E-state index >= 15 is 0 Å². The topological polar surface area (TPSA) is 54.4 Å². The standard InChI is InChI=1S/C30H37ClO3/c1-21(14-17-26-23(3)11-8-18-30(26,4)5)9-6-10-22(2)19-28(32)25-16-15-24(20-27(25)31)12-7-13-29(33)34/h6,9-10,14-17,19-20H,7-8,11-13,18H2,1-5H3,(H,33,34). The molecular weight excluding hydrogens is 444 g/mol. The molecule has 4 heteroatoms. The van der Waals surface area contributed by atoms with Crippen molar-refractivity contribution in [1.29, 1.82) is 0 Å². The third kappa shape index (κ3) is 8.61. The van der Waals surface area contributed by atoms with Crippen LogP contribution in [0.1, 0.15) is 82.6 Å². The summed E-state index contributed by atoms with van der Waals surface area (Å²) in [6.07, 6.45) is 16.9. The van der Waals surface area contributed by atoms with E-state index in [1.807, 2.05) is 31.2 Å². The Bertz CT molecular complexity index is 1060. The summed E-state index contributed by atoms with van der Waals surface area (Å²) in [5, 5.41) is 9.15. The average molecular weight is 481 g/mol. The van der Waals surface area contributed by atoms with Crippen LogP contribution in [-0.4, -0.2) is 16.9 Å². The maximum atomic E-state index is 12.7. The van der Waals surface area contributed by atoms with Gasteiger partial charge in [0.1, 0.15) is 0 Å². The van der Waals surface area contributed by atoms with Gasteiger partial charge in [0, 0.05) is 12.0 Å². The van der Waals surface area contributed by atoms with Gasteiger partial charge in [0.2, 0.25) is 0 Å². The molecule has 0 atom stereocenters. The minimum atomic E-state index is -0.812. The molecule has 1 aromatic rings. The predicted octanol–water partition coefficient (Wildman–Crippen LogP) is 8.46. The number of hydrogen-bond donors (Lipinski definition) is 1. The van der Waals surface area contributed by atoms with Crippen LogP contribution in [0.5, 0.6) is 0 Å². The fraction of sp³-hybridized carbons (Fsp3) is 0.400. The molecule has 0 aliphatic heterocycles. The molecule has 0 fully saturated rings. The van der Waals surface area contributed by atoms with E-state index in [9.17, 15) is 9.59 Å². The summed E-state index contributed by atoms with van der Waals surface area (Å²) in [5.41, 5.74) is 6.53. The Labute approximate surface area is 209 Å². The Morgan fingerprint density at radius 1 is 1.15 bits per heavy atom. The van der Waals surface area contributed by atoms with E-state index in [-0.39, 0.29) is 17.6 Å². The molecule has 1 aliphatic carbocycles. The van der Waals surface area contributed by atoms with Crippen molar-refractivity contribution in [1.82, 2.24) is 0 Å². The van der Waals surface area contributed by atoms with Gasteiger partial charge in [-0.1, -0.05) is 73.0 Å². The molecule has 34 heavy (non-hydrogen) atoms. The number of carboxylic acids is 1. The zero-order valence-corrected chi connectivity index (χ0v) is 21.8. The van der Waals surface area contributed by atoms with E-state index in [0.717, 1.165) is 16.7 Å². The molecule has 0 saturated carbocycles. The highest BCUT2D eigenvalue weighted by Gasteiger charge is 2.26. The number of aryl methyl sites for hydroxylation is 1. The summed E-state index contributed by atoms with van der Waals surface area (Å²) in [6, 6.07) is 5.30. The molecule has 0 saturated heterocycles. The highest BCUT2D eigenvalue weighted by Crippen LogP contribution is 2.40. The first-order valence-corrected chi connectivity index (χ1v) is 12.3. The number of aliphatic carboxylic acids is 1. The lowest BCUT2D eigenvalue weighted by Crippen LogP contribution is -2.19. The Hall–Kier alpha value is -2.65. The molecule has 182 valence electrons. The number of hydrogen-bond acceptors (Lipinski definition) is 2. The normalized spacial score (nSPS) is 17.1. The monoisotopic (exact) mass is 480 g/mol. The molecule has 0 amide bonds. The number of carboxylic acid groups (broad SMARTS) is 1. The quantitative estimate of drug-likeness (QED) is 0.207. The van der Waals surface area contributed by atoms with Crippen molar-refractivity contribution in [3.8, 4) is 0 Å². The Kier molecular flexibility index (Phi) is 10.3. The summed E-state index contributed by atoms with van der Waals surface area (Å²) in [7, 11) is 0. The van der Waals surface area contributed by atoms with Gasteiger partial charge in [0.05, 0.1) is 5.02 Å². The van der Waals surface area contributed by atoms with Crippen LogP contribution in [-0.2, 0) is 11.2 Å². The van der Waals surface area contributed by atoms with Gasteiger partial charge in [-0.15, -0.1) is 0 Å². The van der Waals surface area contributed by atoms with Crippen LogP contribution in [0.15, 0.2) is 76.9 Å². The molecule has 0 aromatic heterocycles. The van der Waals surface area contributed by atoms with Crippen molar-refractivity contribution in [2.75, 3.05) is 0 Å². The minimum absolute atomic E-state index is 0.117. The van der Waals surface area contributed by atoms with Gasteiger partial charge < -0.3 is 5.11 Å². The molecule has 1 aliphatic rings. The molecule has 1 N–H and O–H groups in total.